The summed E-state index contributed by atoms with van der Waals surface area (Å²) < 4.78 is 13.6. The molecule has 1 fully saturated rings. The van der Waals surface area contributed by atoms with E-state index in [1.807, 2.05) is 11.0 Å². The molecule has 1 aliphatic heterocycles. The highest BCUT2D eigenvalue weighted by Gasteiger charge is 2.26. The Morgan fingerprint density at radius 3 is 2.73 bits per heavy atom. The topological polar surface area (TPSA) is 96.5 Å². The molecule has 1 unspecified atom stereocenters. The zero-order valence-corrected chi connectivity index (χ0v) is 14.3. The van der Waals surface area contributed by atoms with Gasteiger partial charge in [0.1, 0.15) is 11.6 Å². The zero-order chi connectivity index (χ0) is 18.9. The minimum atomic E-state index is -0.315. The van der Waals surface area contributed by atoms with Gasteiger partial charge in [0.25, 0.3) is 6.47 Å². The van der Waals surface area contributed by atoms with Crippen molar-refractivity contribution in [1.82, 2.24) is 9.88 Å². The standard InChI is InChI=1S/C18H20FN3O.CH2O2/c19-16-4-2-1-3-15(16)10-18(23)22-8-7-14(12-22)9-13-5-6-17(20)21-11-13;2-1-3/h1-6,11,14H,7-10,12H2,(H2,20,21);1H,(H,2,3). The van der Waals surface area contributed by atoms with E-state index in [2.05, 4.69) is 4.98 Å². The summed E-state index contributed by atoms with van der Waals surface area (Å²) in [5.41, 5.74) is 7.18. The number of nitrogen functional groups attached to an aromatic ring is 1. The van der Waals surface area contributed by atoms with Gasteiger partial charge in [-0.3, -0.25) is 9.59 Å². The average Bonchev–Trinajstić information content (AvgIpc) is 3.08. The van der Waals surface area contributed by atoms with Crippen molar-refractivity contribution in [2.75, 3.05) is 18.8 Å². The number of anilines is 1. The number of aromatic nitrogens is 1. The summed E-state index contributed by atoms with van der Waals surface area (Å²) in [4.78, 5) is 26.6. The molecule has 0 saturated carbocycles. The number of pyridine rings is 1. The van der Waals surface area contributed by atoms with E-state index in [4.69, 9.17) is 15.6 Å². The second-order valence-electron chi connectivity index (χ2n) is 6.16. The Bertz CT molecular complexity index is 737. The lowest BCUT2D eigenvalue weighted by Gasteiger charge is -2.17. The maximum Gasteiger partial charge on any atom is 0.290 e. The first-order valence-electron chi connectivity index (χ1n) is 8.33. The lowest BCUT2D eigenvalue weighted by atomic mass is 10.00. The number of likely N-dealkylation sites (tertiary alicyclic amines) is 1. The first-order valence-corrected chi connectivity index (χ1v) is 8.33. The largest absolute Gasteiger partial charge is 0.483 e. The third kappa shape index (κ3) is 5.54. The van der Waals surface area contributed by atoms with Crippen LogP contribution >= 0.6 is 0 Å². The van der Waals surface area contributed by atoms with Crippen molar-refractivity contribution in [3.8, 4) is 0 Å². The minimum absolute atomic E-state index is 0.00645. The zero-order valence-electron chi connectivity index (χ0n) is 14.3. The third-order valence-corrected chi connectivity index (χ3v) is 4.31. The van der Waals surface area contributed by atoms with Crippen molar-refractivity contribution >= 4 is 18.2 Å². The number of benzene rings is 1. The van der Waals surface area contributed by atoms with E-state index in [0.717, 1.165) is 31.5 Å². The molecule has 3 N–H and O–H groups in total. The molecular weight excluding hydrogens is 337 g/mol. The molecule has 0 spiro atoms. The fraction of sp³-hybridized carbons (Fsp3) is 0.316. The van der Waals surface area contributed by atoms with Gasteiger partial charge in [0.2, 0.25) is 5.91 Å². The number of hydrogen-bond donors (Lipinski definition) is 2. The van der Waals surface area contributed by atoms with Crippen LogP contribution < -0.4 is 5.73 Å². The molecule has 2 aromatic rings. The number of nitrogens with zero attached hydrogens (tertiary/aromatic N) is 2. The number of halogens is 1. The molecule has 1 aromatic heterocycles. The molecule has 0 radical (unpaired) electrons. The molecule has 2 heterocycles. The van der Waals surface area contributed by atoms with Gasteiger partial charge in [-0.25, -0.2) is 9.37 Å². The van der Waals surface area contributed by atoms with E-state index in [1.54, 1.807) is 30.5 Å². The van der Waals surface area contributed by atoms with Gasteiger partial charge in [0.05, 0.1) is 6.42 Å². The molecule has 1 aromatic carbocycles. The van der Waals surface area contributed by atoms with Crippen molar-refractivity contribution in [1.29, 1.82) is 0 Å². The molecule has 26 heavy (non-hydrogen) atoms. The number of hydrogen-bond acceptors (Lipinski definition) is 4. The van der Waals surface area contributed by atoms with E-state index in [1.165, 1.54) is 6.07 Å². The SMILES string of the molecule is Nc1ccc(CC2CCN(C(=O)Cc3ccccc3F)C2)cn1.O=CO. The van der Waals surface area contributed by atoms with Crippen molar-refractivity contribution in [2.45, 2.75) is 19.3 Å². The van der Waals surface area contributed by atoms with Crippen LogP contribution in [0.3, 0.4) is 0 Å². The quantitative estimate of drug-likeness (QED) is 0.815. The van der Waals surface area contributed by atoms with Gasteiger partial charge in [-0.15, -0.1) is 0 Å². The van der Waals surface area contributed by atoms with Gasteiger partial charge >= 0.3 is 0 Å². The van der Waals surface area contributed by atoms with Crippen LogP contribution in [0.1, 0.15) is 17.5 Å². The summed E-state index contributed by atoms with van der Waals surface area (Å²) in [6.45, 7) is 1.21. The number of carbonyl (C=O) groups is 2. The normalized spacial score (nSPS) is 15.9. The highest BCUT2D eigenvalue weighted by Crippen LogP contribution is 2.22. The van der Waals surface area contributed by atoms with Crippen LogP contribution in [0.2, 0.25) is 0 Å². The Morgan fingerprint density at radius 2 is 2.08 bits per heavy atom. The molecular formula is C19H22FN3O3. The van der Waals surface area contributed by atoms with Crippen molar-refractivity contribution in [3.63, 3.8) is 0 Å². The first kappa shape index (κ1) is 19.4. The number of carboxylic acid groups (broad SMARTS) is 1. The van der Waals surface area contributed by atoms with Crippen LogP contribution in [-0.2, 0) is 22.4 Å². The molecule has 0 bridgehead atoms. The molecule has 0 aliphatic carbocycles. The van der Waals surface area contributed by atoms with E-state index in [-0.39, 0.29) is 24.6 Å². The predicted molar refractivity (Wildman–Crippen MR) is 95.8 cm³/mol. The summed E-state index contributed by atoms with van der Waals surface area (Å²) in [7, 11) is 0. The smallest absolute Gasteiger partial charge is 0.290 e. The number of amides is 1. The second kappa shape index (κ2) is 9.50. The van der Waals surface area contributed by atoms with E-state index >= 15 is 0 Å². The van der Waals surface area contributed by atoms with Gasteiger partial charge in [0.15, 0.2) is 0 Å². The fourth-order valence-electron chi connectivity index (χ4n) is 3.03. The molecule has 7 heteroatoms. The molecule has 1 aliphatic rings. The molecule has 1 amide bonds. The van der Waals surface area contributed by atoms with Gasteiger partial charge in [0, 0.05) is 19.3 Å². The van der Waals surface area contributed by atoms with Crippen LogP contribution in [0.5, 0.6) is 0 Å². The summed E-state index contributed by atoms with van der Waals surface area (Å²) in [6, 6.07) is 10.2. The van der Waals surface area contributed by atoms with Crippen LogP contribution in [-0.4, -0.2) is 40.5 Å². The first-order chi connectivity index (χ1) is 12.5. The summed E-state index contributed by atoms with van der Waals surface area (Å²) >= 11 is 0. The number of rotatable bonds is 4. The van der Waals surface area contributed by atoms with Crippen LogP contribution in [0.25, 0.3) is 0 Å². The maximum absolute atomic E-state index is 13.6. The monoisotopic (exact) mass is 359 g/mol. The summed E-state index contributed by atoms with van der Waals surface area (Å²) in [6.07, 6.45) is 3.77. The van der Waals surface area contributed by atoms with Crippen LogP contribution in [0.15, 0.2) is 42.6 Å². The summed E-state index contributed by atoms with van der Waals surface area (Å²) in [5, 5.41) is 6.89. The molecule has 138 valence electrons. The maximum atomic E-state index is 13.6. The number of carbonyl (C=O) groups excluding carboxylic acids is 1. The lowest BCUT2D eigenvalue weighted by molar-refractivity contribution is -0.129. The van der Waals surface area contributed by atoms with Crippen molar-refractivity contribution in [3.05, 3.63) is 59.5 Å². The Kier molecular flexibility index (Phi) is 7.08. The fourth-order valence-corrected chi connectivity index (χ4v) is 3.03. The van der Waals surface area contributed by atoms with Crippen LogP contribution in [0, 0.1) is 11.7 Å². The highest BCUT2D eigenvalue weighted by atomic mass is 19.1. The highest BCUT2D eigenvalue weighted by molar-refractivity contribution is 5.79. The van der Waals surface area contributed by atoms with Crippen molar-refractivity contribution in [2.24, 2.45) is 5.92 Å². The predicted octanol–water partition coefficient (Wildman–Crippen LogP) is 2.14. The minimum Gasteiger partial charge on any atom is -0.483 e. The molecule has 3 rings (SSSR count). The Labute approximate surface area is 151 Å². The lowest BCUT2D eigenvalue weighted by Crippen LogP contribution is -2.30. The third-order valence-electron chi connectivity index (χ3n) is 4.31. The summed E-state index contributed by atoms with van der Waals surface area (Å²) in [5.74, 6) is 0.615. The Balaban J connectivity index is 0.000000758. The Hall–Kier alpha value is -2.96. The molecule has 1 atom stereocenters. The van der Waals surface area contributed by atoms with Gasteiger partial charge in [-0.2, -0.15) is 0 Å². The van der Waals surface area contributed by atoms with E-state index in [0.29, 0.717) is 17.3 Å². The van der Waals surface area contributed by atoms with Crippen molar-refractivity contribution < 1.29 is 19.1 Å². The molecule has 1 saturated heterocycles. The van der Waals surface area contributed by atoms with E-state index < -0.39 is 0 Å². The van der Waals surface area contributed by atoms with E-state index in [9.17, 15) is 9.18 Å². The van der Waals surface area contributed by atoms with Gasteiger partial charge < -0.3 is 15.7 Å². The molecule has 6 nitrogen and oxygen atoms in total. The van der Waals surface area contributed by atoms with Gasteiger partial charge in [-0.05, 0) is 42.0 Å². The Morgan fingerprint density at radius 1 is 1.35 bits per heavy atom. The van der Waals surface area contributed by atoms with Gasteiger partial charge in [-0.1, -0.05) is 24.3 Å². The average molecular weight is 359 g/mol. The second-order valence-corrected chi connectivity index (χ2v) is 6.16. The van der Waals surface area contributed by atoms with Crippen LogP contribution in [0.4, 0.5) is 10.2 Å². The number of nitrogens with two attached hydrogens (primary N) is 1.